The van der Waals surface area contributed by atoms with Gasteiger partial charge in [-0.05, 0) is 68.2 Å². The molecule has 0 aromatic heterocycles. The second-order valence-corrected chi connectivity index (χ2v) is 6.80. The van der Waals surface area contributed by atoms with Crippen LogP contribution in [-0.4, -0.2) is 19.0 Å². The van der Waals surface area contributed by atoms with E-state index in [0.29, 0.717) is 0 Å². The van der Waals surface area contributed by atoms with Gasteiger partial charge in [0.25, 0.3) is 0 Å². The fourth-order valence-electron chi connectivity index (χ4n) is 3.42. The molecule has 1 heterocycles. The summed E-state index contributed by atoms with van der Waals surface area (Å²) in [6, 6.07) is 9.27. The zero-order valence-corrected chi connectivity index (χ0v) is 15.6. The summed E-state index contributed by atoms with van der Waals surface area (Å²) in [4.78, 5) is 14.5. The van der Waals surface area contributed by atoms with Crippen molar-refractivity contribution in [2.24, 2.45) is 0 Å². The molecule has 3 nitrogen and oxygen atoms in total. The monoisotopic (exact) mass is 370 g/mol. The van der Waals surface area contributed by atoms with Crippen LogP contribution in [0.2, 0.25) is 0 Å². The van der Waals surface area contributed by atoms with E-state index >= 15 is 0 Å². The molecule has 0 spiro atoms. The molecule has 1 unspecified atom stereocenters. The van der Waals surface area contributed by atoms with Crippen LogP contribution in [0.15, 0.2) is 42.5 Å². The Morgan fingerprint density at radius 3 is 2.85 bits per heavy atom. The highest BCUT2D eigenvalue weighted by molar-refractivity contribution is 5.92. The van der Waals surface area contributed by atoms with Crippen molar-refractivity contribution in [2.45, 2.75) is 32.7 Å². The zero-order chi connectivity index (χ0) is 19.4. The SMILES string of the molecule is CCN1CCCc2ccc(C(C)NC(=O)C=Cc3cc(F)ccc3F)cc21. The summed E-state index contributed by atoms with van der Waals surface area (Å²) < 4.78 is 26.8. The smallest absolute Gasteiger partial charge is 0.244 e. The summed E-state index contributed by atoms with van der Waals surface area (Å²) >= 11 is 0. The Bertz CT molecular complexity index is 863. The quantitative estimate of drug-likeness (QED) is 0.779. The fraction of sp³-hybridized carbons (Fsp3) is 0.318. The predicted octanol–water partition coefficient (Wildman–Crippen LogP) is 4.63. The first-order valence-corrected chi connectivity index (χ1v) is 9.29. The number of hydrogen-bond donors (Lipinski definition) is 1. The Labute approximate surface area is 158 Å². The molecule has 2 aromatic carbocycles. The molecule has 27 heavy (non-hydrogen) atoms. The van der Waals surface area contributed by atoms with Gasteiger partial charge in [0.1, 0.15) is 11.6 Å². The molecular weight excluding hydrogens is 346 g/mol. The third-order valence-corrected chi connectivity index (χ3v) is 4.94. The first kappa shape index (κ1) is 19.1. The van der Waals surface area contributed by atoms with Crippen molar-refractivity contribution in [3.8, 4) is 0 Å². The van der Waals surface area contributed by atoms with Crippen molar-refractivity contribution >= 4 is 17.7 Å². The molecule has 0 bridgehead atoms. The van der Waals surface area contributed by atoms with E-state index in [1.165, 1.54) is 23.4 Å². The third-order valence-electron chi connectivity index (χ3n) is 4.94. The molecule has 0 saturated carbocycles. The molecule has 0 saturated heterocycles. The molecule has 3 rings (SSSR count). The Morgan fingerprint density at radius 2 is 2.07 bits per heavy atom. The number of aryl methyl sites for hydroxylation is 1. The van der Waals surface area contributed by atoms with Crippen LogP contribution in [0.5, 0.6) is 0 Å². The Hall–Kier alpha value is -2.69. The van der Waals surface area contributed by atoms with Gasteiger partial charge in [0.05, 0.1) is 6.04 Å². The van der Waals surface area contributed by atoms with Crippen LogP contribution in [0, 0.1) is 11.6 Å². The number of anilines is 1. The highest BCUT2D eigenvalue weighted by Gasteiger charge is 2.17. The summed E-state index contributed by atoms with van der Waals surface area (Å²) in [5.41, 5.74) is 3.64. The number of carbonyl (C=O) groups is 1. The topological polar surface area (TPSA) is 32.3 Å². The molecule has 1 aliphatic rings. The molecule has 0 fully saturated rings. The lowest BCUT2D eigenvalue weighted by molar-refractivity contribution is -0.117. The van der Waals surface area contributed by atoms with E-state index in [2.05, 4.69) is 29.3 Å². The number of hydrogen-bond acceptors (Lipinski definition) is 2. The van der Waals surface area contributed by atoms with Crippen LogP contribution in [-0.2, 0) is 11.2 Å². The number of amides is 1. The number of benzene rings is 2. The number of nitrogens with one attached hydrogen (secondary N) is 1. The van der Waals surface area contributed by atoms with E-state index in [-0.39, 0.29) is 17.5 Å². The van der Waals surface area contributed by atoms with Crippen LogP contribution in [0.3, 0.4) is 0 Å². The number of nitrogens with zero attached hydrogens (tertiary/aromatic N) is 1. The minimum Gasteiger partial charge on any atom is -0.372 e. The van der Waals surface area contributed by atoms with Gasteiger partial charge in [-0.25, -0.2) is 8.78 Å². The second kappa shape index (κ2) is 8.33. The van der Waals surface area contributed by atoms with Crippen molar-refractivity contribution in [3.63, 3.8) is 0 Å². The van der Waals surface area contributed by atoms with Gasteiger partial charge in [-0.2, -0.15) is 0 Å². The molecular formula is C22H24F2N2O. The van der Waals surface area contributed by atoms with Gasteiger partial charge in [-0.1, -0.05) is 12.1 Å². The van der Waals surface area contributed by atoms with E-state index in [1.54, 1.807) is 0 Å². The molecule has 0 aliphatic carbocycles. The lowest BCUT2D eigenvalue weighted by Crippen LogP contribution is -2.30. The summed E-state index contributed by atoms with van der Waals surface area (Å²) in [5.74, 6) is -1.46. The Balaban J connectivity index is 1.70. The normalized spacial score (nSPS) is 14.9. The summed E-state index contributed by atoms with van der Waals surface area (Å²) in [7, 11) is 0. The van der Waals surface area contributed by atoms with E-state index in [4.69, 9.17) is 0 Å². The summed E-state index contributed by atoms with van der Waals surface area (Å²) in [5, 5.41) is 2.88. The molecule has 1 amide bonds. The number of fused-ring (bicyclic) bond motifs is 1. The average Bonchev–Trinajstić information content (AvgIpc) is 2.67. The van der Waals surface area contributed by atoms with Gasteiger partial charge >= 0.3 is 0 Å². The molecule has 1 aliphatic heterocycles. The molecule has 0 radical (unpaired) electrons. The number of halogens is 2. The summed E-state index contributed by atoms with van der Waals surface area (Å²) in [6.07, 6.45) is 4.75. The van der Waals surface area contributed by atoms with Gasteiger partial charge in [0.2, 0.25) is 5.91 Å². The highest BCUT2D eigenvalue weighted by Crippen LogP contribution is 2.30. The second-order valence-electron chi connectivity index (χ2n) is 6.80. The maximum Gasteiger partial charge on any atom is 0.244 e. The van der Waals surface area contributed by atoms with Gasteiger partial charge < -0.3 is 10.2 Å². The van der Waals surface area contributed by atoms with Gasteiger partial charge in [-0.3, -0.25) is 4.79 Å². The van der Waals surface area contributed by atoms with Gasteiger partial charge in [-0.15, -0.1) is 0 Å². The van der Waals surface area contributed by atoms with Crippen molar-refractivity contribution in [3.05, 3.63) is 70.8 Å². The fourth-order valence-corrected chi connectivity index (χ4v) is 3.42. The predicted molar refractivity (Wildman–Crippen MR) is 105 cm³/mol. The standard InChI is InChI=1S/C22H24F2N2O/c1-3-26-12-4-5-16-6-7-17(14-21(16)26)15(2)25-22(27)11-8-18-13-19(23)9-10-20(18)24/h6-11,13-15H,3-5,12H2,1-2H3,(H,25,27). The lowest BCUT2D eigenvalue weighted by Gasteiger charge is -2.31. The molecule has 5 heteroatoms. The van der Waals surface area contributed by atoms with Crippen LogP contribution in [0.4, 0.5) is 14.5 Å². The molecule has 2 aromatic rings. The summed E-state index contributed by atoms with van der Waals surface area (Å²) in [6.45, 7) is 6.06. The molecule has 142 valence electrons. The number of rotatable bonds is 5. The Morgan fingerprint density at radius 1 is 1.26 bits per heavy atom. The minimum atomic E-state index is -0.567. The molecule has 1 atom stereocenters. The first-order chi connectivity index (χ1) is 13.0. The van der Waals surface area contributed by atoms with E-state index in [0.717, 1.165) is 49.7 Å². The average molecular weight is 370 g/mol. The van der Waals surface area contributed by atoms with Crippen molar-refractivity contribution in [2.75, 3.05) is 18.0 Å². The van der Waals surface area contributed by atoms with Crippen molar-refractivity contribution in [1.29, 1.82) is 0 Å². The highest BCUT2D eigenvalue weighted by atomic mass is 19.1. The largest absolute Gasteiger partial charge is 0.372 e. The zero-order valence-electron chi connectivity index (χ0n) is 15.6. The first-order valence-electron chi connectivity index (χ1n) is 9.29. The van der Waals surface area contributed by atoms with Crippen LogP contribution >= 0.6 is 0 Å². The van der Waals surface area contributed by atoms with Gasteiger partial charge in [0.15, 0.2) is 0 Å². The van der Waals surface area contributed by atoms with E-state index < -0.39 is 11.6 Å². The maximum absolute atomic E-state index is 13.6. The van der Waals surface area contributed by atoms with Crippen LogP contribution < -0.4 is 10.2 Å². The van der Waals surface area contributed by atoms with Crippen molar-refractivity contribution < 1.29 is 13.6 Å². The van der Waals surface area contributed by atoms with E-state index in [1.807, 2.05) is 13.0 Å². The van der Waals surface area contributed by atoms with E-state index in [9.17, 15) is 13.6 Å². The number of carbonyl (C=O) groups excluding carboxylic acids is 1. The molecule has 1 N–H and O–H groups in total. The third kappa shape index (κ3) is 4.54. The van der Waals surface area contributed by atoms with Gasteiger partial charge in [0, 0.05) is 30.4 Å². The van der Waals surface area contributed by atoms with Crippen LogP contribution in [0.1, 0.15) is 43.0 Å². The van der Waals surface area contributed by atoms with Crippen LogP contribution in [0.25, 0.3) is 6.08 Å². The maximum atomic E-state index is 13.6. The minimum absolute atomic E-state index is 0.0465. The van der Waals surface area contributed by atoms with Crippen molar-refractivity contribution in [1.82, 2.24) is 5.32 Å². The lowest BCUT2D eigenvalue weighted by atomic mass is 9.97. The Kier molecular flexibility index (Phi) is 5.89.